The Morgan fingerprint density at radius 1 is 1.33 bits per heavy atom. The highest BCUT2D eigenvalue weighted by Crippen LogP contribution is 2.35. The van der Waals surface area contributed by atoms with Crippen LogP contribution in [0.3, 0.4) is 0 Å². The number of rotatable bonds is 6. The second-order valence-corrected chi connectivity index (χ2v) is 5.38. The number of hydrogen-bond acceptors (Lipinski definition) is 5. The van der Waals surface area contributed by atoms with Gasteiger partial charge in [-0.1, -0.05) is 24.4 Å². The summed E-state index contributed by atoms with van der Waals surface area (Å²) in [5.41, 5.74) is 0.100. The first kappa shape index (κ1) is 13.5. The molecule has 1 aromatic rings. The molecular formula is C13H23N3O2. The van der Waals surface area contributed by atoms with Gasteiger partial charge in [0.2, 0.25) is 5.89 Å². The number of aryl methyl sites for hydroxylation is 1. The van der Waals surface area contributed by atoms with Crippen LogP contribution in [-0.2, 0) is 6.42 Å². The summed E-state index contributed by atoms with van der Waals surface area (Å²) < 4.78 is 5.06. The first-order chi connectivity index (χ1) is 8.74. The summed E-state index contributed by atoms with van der Waals surface area (Å²) in [6, 6.07) is 0. The molecule has 0 unspecified atom stereocenters. The van der Waals surface area contributed by atoms with Crippen molar-refractivity contribution in [2.75, 3.05) is 19.7 Å². The van der Waals surface area contributed by atoms with Gasteiger partial charge in [-0.15, -0.1) is 0 Å². The molecule has 0 aliphatic heterocycles. The molecule has 2 N–H and O–H groups in total. The Balaban J connectivity index is 1.70. The molecule has 5 nitrogen and oxygen atoms in total. The van der Waals surface area contributed by atoms with Gasteiger partial charge in [0.05, 0.1) is 0 Å². The summed E-state index contributed by atoms with van der Waals surface area (Å²) in [7, 11) is 0. The van der Waals surface area contributed by atoms with E-state index in [0.717, 1.165) is 32.4 Å². The SMILES string of the molecule is Cc1noc(CCNCC2(CO)CCCCC2)n1. The monoisotopic (exact) mass is 253 g/mol. The van der Waals surface area contributed by atoms with Gasteiger partial charge in [0.25, 0.3) is 0 Å². The van der Waals surface area contributed by atoms with Crippen molar-refractivity contribution >= 4 is 0 Å². The summed E-state index contributed by atoms with van der Waals surface area (Å²) in [4.78, 5) is 4.17. The predicted molar refractivity (Wildman–Crippen MR) is 68.2 cm³/mol. The predicted octanol–water partition coefficient (Wildman–Crippen LogP) is 1.45. The van der Waals surface area contributed by atoms with Crippen LogP contribution in [0.4, 0.5) is 0 Å². The Labute approximate surface area is 108 Å². The van der Waals surface area contributed by atoms with Gasteiger partial charge in [0, 0.05) is 31.5 Å². The highest BCUT2D eigenvalue weighted by Gasteiger charge is 2.30. The van der Waals surface area contributed by atoms with Crippen molar-refractivity contribution < 1.29 is 9.63 Å². The standard InChI is InChI=1S/C13H23N3O2/c1-11-15-12(18-16-11)5-8-14-9-13(10-17)6-3-2-4-7-13/h14,17H,2-10H2,1H3. The zero-order chi connectivity index (χ0) is 12.8. The molecule has 1 heterocycles. The molecule has 0 amide bonds. The van der Waals surface area contributed by atoms with E-state index in [1.54, 1.807) is 0 Å². The lowest BCUT2D eigenvalue weighted by Gasteiger charge is -2.35. The van der Waals surface area contributed by atoms with Crippen LogP contribution in [0.15, 0.2) is 4.52 Å². The maximum Gasteiger partial charge on any atom is 0.227 e. The maximum absolute atomic E-state index is 9.58. The Hall–Kier alpha value is -0.940. The molecule has 18 heavy (non-hydrogen) atoms. The van der Waals surface area contributed by atoms with Crippen LogP contribution >= 0.6 is 0 Å². The van der Waals surface area contributed by atoms with Crippen molar-refractivity contribution in [2.24, 2.45) is 5.41 Å². The second-order valence-electron chi connectivity index (χ2n) is 5.38. The second kappa shape index (κ2) is 6.29. The summed E-state index contributed by atoms with van der Waals surface area (Å²) >= 11 is 0. The minimum absolute atomic E-state index is 0.100. The fourth-order valence-corrected chi connectivity index (χ4v) is 2.68. The number of aromatic nitrogens is 2. The Morgan fingerprint density at radius 3 is 2.72 bits per heavy atom. The molecule has 1 aliphatic rings. The van der Waals surface area contributed by atoms with Crippen molar-refractivity contribution in [3.8, 4) is 0 Å². The van der Waals surface area contributed by atoms with E-state index in [0.29, 0.717) is 18.3 Å². The van der Waals surface area contributed by atoms with E-state index in [9.17, 15) is 5.11 Å². The van der Waals surface area contributed by atoms with Crippen LogP contribution in [0.2, 0.25) is 0 Å². The fraction of sp³-hybridized carbons (Fsp3) is 0.846. The number of aliphatic hydroxyl groups is 1. The molecule has 1 aliphatic carbocycles. The van der Waals surface area contributed by atoms with E-state index < -0.39 is 0 Å². The van der Waals surface area contributed by atoms with E-state index in [-0.39, 0.29) is 5.41 Å². The molecule has 1 aromatic heterocycles. The number of nitrogens with zero attached hydrogens (tertiary/aromatic N) is 2. The lowest BCUT2D eigenvalue weighted by molar-refractivity contribution is 0.0815. The first-order valence-corrected chi connectivity index (χ1v) is 6.85. The van der Waals surface area contributed by atoms with Gasteiger partial charge in [-0.05, 0) is 19.8 Å². The molecule has 0 radical (unpaired) electrons. The van der Waals surface area contributed by atoms with E-state index in [4.69, 9.17) is 4.52 Å². The molecule has 0 saturated heterocycles. The van der Waals surface area contributed by atoms with Crippen LogP contribution in [-0.4, -0.2) is 34.9 Å². The molecule has 2 rings (SSSR count). The number of nitrogens with one attached hydrogen (secondary N) is 1. The van der Waals surface area contributed by atoms with E-state index in [1.807, 2.05) is 6.92 Å². The van der Waals surface area contributed by atoms with Crippen molar-refractivity contribution in [1.82, 2.24) is 15.5 Å². The van der Waals surface area contributed by atoms with Crippen molar-refractivity contribution in [2.45, 2.75) is 45.4 Å². The molecule has 0 bridgehead atoms. The van der Waals surface area contributed by atoms with Crippen molar-refractivity contribution in [1.29, 1.82) is 0 Å². The number of aliphatic hydroxyl groups excluding tert-OH is 1. The lowest BCUT2D eigenvalue weighted by atomic mass is 9.74. The zero-order valence-corrected chi connectivity index (χ0v) is 11.1. The summed E-state index contributed by atoms with van der Waals surface area (Å²) in [6.45, 7) is 3.82. The Kier molecular flexibility index (Phi) is 4.72. The molecular weight excluding hydrogens is 230 g/mol. The third kappa shape index (κ3) is 3.53. The lowest BCUT2D eigenvalue weighted by Crippen LogP contribution is -2.39. The smallest absolute Gasteiger partial charge is 0.227 e. The highest BCUT2D eigenvalue weighted by atomic mass is 16.5. The van der Waals surface area contributed by atoms with E-state index in [1.165, 1.54) is 19.3 Å². The minimum atomic E-state index is 0.100. The highest BCUT2D eigenvalue weighted by molar-refractivity contribution is 4.86. The van der Waals surface area contributed by atoms with Gasteiger partial charge in [-0.3, -0.25) is 0 Å². The van der Waals surface area contributed by atoms with Crippen LogP contribution in [0, 0.1) is 12.3 Å². The fourth-order valence-electron chi connectivity index (χ4n) is 2.68. The molecule has 1 saturated carbocycles. The van der Waals surface area contributed by atoms with Crippen LogP contribution in [0.25, 0.3) is 0 Å². The normalized spacial score (nSPS) is 19.0. The van der Waals surface area contributed by atoms with Crippen molar-refractivity contribution in [3.63, 3.8) is 0 Å². The van der Waals surface area contributed by atoms with Gasteiger partial charge < -0.3 is 14.9 Å². The van der Waals surface area contributed by atoms with Gasteiger partial charge in [-0.2, -0.15) is 4.98 Å². The molecule has 0 spiro atoms. The van der Waals surface area contributed by atoms with E-state index in [2.05, 4.69) is 15.5 Å². The first-order valence-electron chi connectivity index (χ1n) is 6.85. The Bertz CT molecular complexity index is 359. The van der Waals surface area contributed by atoms with Crippen LogP contribution in [0.5, 0.6) is 0 Å². The average molecular weight is 253 g/mol. The zero-order valence-electron chi connectivity index (χ0n) is 11.1. The Morgan fingerprint density at radius 2 is 2.11 bits per heavy atom. The van der Waals surface area contributed by atoms with E-state index >= 15 is 0 Å². The third-order valence-electron chi connectivity index (χ3n) is 3.83. The molecule has 0 aromatic carbocycles. The van der Waals surface area contributed by atoms with Crippen LogP contribution < -0.4 is 5.32 Å². The van der Waals surface area contributed by atoms with Crippen LogP contribution in [0.1, 0.15) is 43.8 Å². The summed E-state index contributed by atoms with van der Waals surface area (Å²) in [6.07, 6.45) is 6.81. The van der Waals surface area contributed by atoms with Gasteiger partial charge in [0.1, 0.15) is 0 Å². The average Bonchev–Trinajstić information content (AvgIpc) is 2.82. The van der Waals surface area contributed by atoms with Gasteiger partial charge in [0.15, 0.2) is 5.82 Å². The quantitative estimate of drug-likeness (QED) is 0.751. The topological polar surface area (TPSA) is 71.2 Å². The largest absolute Gasteiger partial charge is 0.396 e. The summed E-state index contributed by atoms with van der Waals surface area (Å²) in [5, 5.41) is 16.8. The molecule has 5 heteroatoms. The summed E-state index contributed by atoms with van der Waals surface area (Å²) in [5.74, 6) is 1.37. The third-order valence-corrected chi connectivity index (χ3v) is 3.83. The van der Waals surface area contributed by atoms with Crippen molar-refractivity contribution in [3.05, 3.63) is 11.7 Å². The minimum Gasteiger partial charge on any atom is -0.396 e. The maximum atomic E-state index is 9.58. The van der Waals surface area contributed by atoms with Gasteiger partial charge in [-0.25, -0.2) is 0 Å². The molecule has 1 fully saturated rings. The number of hydrogen-bond donors (Lipinski definition) is 2. The van der Waals surface area contributed by atoms with Gasteiger partial charge >= 0.3 is 0 Å². The molecule has 102 valence electrons. The molecule has 0 atom stereocenters.